The fourth-order valence-corrected chi connectivity index (χ4v) is 1.93. The lowest BCUT2D eigenvalue weighted by Crippen LogP contribution is -2.23. The molecule has 0 saturated heterocycles. The summed E-state index contributed by atoms with van der Waals surface area (Å²) in [4.78, 5) is 12.1. The standard InChI is InChI=1S/C15H12Cl2O2/c1-10(15(18)11-5-3-2-4-6-11)19-12-7-8-13(16)14(17)9-12/h2-10H,1H3/t10-/m0/s1. The molecule has 0 N–H and O–H groups in total. The first-order valence-corrected chi connectivity index (χ1v) is 6.54. The van der Waals surface area contributed by atoms with Crippen LogP contribution in [-0.2, 0) is 0 Å². The SMILES string of the molecule is C[C@H](Oc1ccc(Cl)c(Cl)c1)C(=O)c1ccccc1. The minimum Gasteiger partial charge on any atom is -0.483 e. The smallest absolute Gasteiger partial charge is 0.202 e. The van der Waals surface area contributed by atoms with Gasteiger partial charge in [-0.15, -0.1) is 0 Å². The van der Waals surface area contributed by atoms with Crippen molar-refractivity contribution in [2.45, 2.75) is 13.0 Å². The zero-order valence-electron chi connectivity index (χ0n) is 10.3. The van der Waals surface area contributed by atoms with Crippen LogP contribution in [0.25, 0.3) is 0 Å². The summed E-state index contributed by atoms with van der Waals surface area (Å²) >= 11 is 11.7. The lowest BCUT2D eigenvalue weighted by molar-refractivity contribution is 0.0818. The molecule has 0 amide bonds. The Balaban J connectivity index is 2.10. The molecule has 4 heteroatoms. The Labute approximate surface area is 121 Å². The maximum Gasteiger partial charge on any atom is 0.202 e. The number of hydrogen-bond donors (Lipinski definition) is 0. The zero-order chi connectivity index (χ0) is 13.8. The van der Waals surface area contributed by atoms with Crippen molar-refractivity contribution in [1.29, 1.82) is 0 Å². The van der Waals surface area contributed by atoms with Crippen LogP contribution < -0.4 is 4.74 Å². The fourth-order valence-electron chi connectivity index (χ4n) is 1.64. The lowest BCUT2D eigenvalue weighted by Gasteiger charge is -2.14. The number of ether oxygens (including phenoxy) is 1. The molecule has 0 aliphatic rings. The first-order chi connectivity index (χ1) is 9.08. The summed E-state index contributed by atoms with van der Waals surface area (Å²) in [5, 5.41) is 0.856. The van der Waals surface area contributed by atoms with E-state index in [4.69, 9.17) is 27.9 Å². The molecule has 2 nitrogen and oxygen atoms in total. The highest BCUT2D eigenvalue weighted by atomic mass is 35.5. The van der Waals surface area contributed by atoms with Crippen LogP contribution in [0, 0.1) is 0 Å². The molecule has 0 heterocycles. The quantitative estimate of drug-likeness (QED) is 0.768. The summed E-state index contributed by atoms with van der Waals surface area (Å²) < 4.78 is 5.57. The van der Waals surface area contributed by atoms with Crippen LogP contribution >= 0.6 is 23.2 Å². The first-order valence-electron chi connectivity index (χ1n) is 5.79. The van der Waals surface area contributed by atoms with E-state index in [-0.39, 0.29) is 5.78 Å². The molecule has 19 heavy (non-hydrogen) atoms. The van der Waals surface area contributed by atoms with Gasteiger partial charge in [0.15, 0.2) is 6.10 Å². The van der Waals surface area contributed by atoms with Gasteiger partial charge in [-0.05, 0) is 19.1 Å². The summed E-state index contributed by atoms with van der Waals surface area (Å²) in [6.45, 7) is 1.71. The molecule has 1 atom stereocenters. The van der Waals surface area contributed by atoms with E-state index in [0.717, 1.165) is 0 Å². The fraction of sp³-hybridized carbons (Fsp3) is 0.133. The van der Waals surface area contributed by atoms with Gasteiger partial charge in [0, 0.05) is 11.6 Å². The Morgan fingerprint density at radius 3 is 2.37 bits per heavy atom. The van der Waals surface area contributed by atoms with Gasteiger partial charge in [0.05, 0.1) is 10.0 Å². The summed E-state index contributed by atoms with van der Waals surface area (Å²) in [5.41, 5.74) is 0.620. The molecule has 0 spiro atoms. The van der Waals surface area contributed by atoms with Crippen LogP contribution in [0.15, 0.2) is 48.5 Å². The van der Waals surface area contributed by atoms with Crippen molar-refractivity contribution in [3.05, 3.63) is 64.1 Å². The predicted octanol–water partition coefficient (Wildman–Crippen LogP) is 4.64. The van der Waals surface area contributed by atoms with Crippen molar-refractivity contribution < 1.29 is 9.53 Å². The molecular formula is C15H12Cl2O2. The molecule has 2 rings (SSSR count). The Bertz CT molecular complexity index is 582. The van der Waals surface area contributed by atoms with Crippen LogP contribution in [0.4, 0.5) is 0 Å². The molecule has 0 saturated carbocycles. The topological polar surface area (TPSA) is 26.3 Å². The largest absolute Gasteiger partial charge is 0.483 e. The summed E-state index contributed by atoms with van der Waals surface area (Å²) in [6, 6.07) is 13.9. The van der Waals surface area contributed by atoms with Crippen molar-refractivity contribution in [2.75, 3.05) is 0 Å². The molecule has 0 aromatic heterocycles. The van der Waals surface area contributed by atoms with E-state index in [9.17, 15) is 4.79 Å². The third-order valence-corrected chi connectivity index (χ3v) is 3.37. The normalized spacial score (nSPS) is 11.9. The van der Waals surface area contributed by atoms with E-state index in [1.807, 2.05) is 18.2 Å². The predicted molar refractivity (Wildman–Crippen MR) is 77.3 cm³/mol. The van der Waals surface area contributed by atoms with Crippen molar-refractivity contribution >= 4 is 29.0 Å². The van der Waals surface area contributed by atoms with Gasteiger partial charge in [-0.25, -0.2) is 0 Å². The van der Waals surface area contributed by atoms with E-state index < -0.39 is 6.10 Å². The molecule has 0 aliphatic heterocycles. The van der Waals surface area contributed by atoms with E-state index in [1.165, 1.54) is 0 Å². The summed E-state index contributed by atoms with van der Waals surface area (Å²) in [6.07, 6.45) is -0.584. The van der Waals surface area contributed by atoms with Gasteiger partial charge in [-0.2, -0.15) is 0 Å². The van der Waals surface area contributed by atoms with E-state index >= 15 is 0 Å². The highest BCUT2D eigenvalue weighted by Crippen LogP contribution is 2.27. The number of benzene rings is 2. The van der Waals surface area contributed by atoms with Crippen molar-refractivity contribution in [1.82, 2.24) is 0 Å². The van der Waals surface area contributed by atoms with Gasteiger partial charge in [0.1, 0.15) is 5.75 Å². The van der Waals surface area contributed by atoms with Gasteiger partial charge in [-0.1, -0.05) is 53.5 Å². The van der Waals surface area contributed by atoms with Crippen LogP contribution in [0.2, 0.25) is 10.0 Å². The maximum atomic E-state index is 12.1. The lowest BCUT2D eigenvalue weighted by atomic mass is 10.1. The second-order valence-corrected chi connectivity index (χ2v) is 4.88. The number of carbonyl (C=O) groups excluding carboxylic acids is 1. The second kappa shape index (κ2) is 6.09. The van der Waals surface area contributed by atoms with Crippen molar-refractivity contribution in [2.24, 2.45) is 0 Å². The van der Waals surface area contributed by atoms with Crippen LogP contribution in [0.5, 0.6) is 5.75 Å². The van der Waals surface area contributed by atoms with E-state index in [2.05, 4.69) is 0 Å². The monoisotopic (exact) mass is 294 g/mol. The van der Waals surface area contributed by atoms with E-state index in [0.29, 0.717) is 21.4 Å². The van der Waals surface area contributed by atoms with Crippen molar-refractivity contribution in [3.8, 4) is 5.75 Å². The zero-order valence-corrected chi connectivity index (χ0v) is 11.8. The van der Waals surface area contributed by atoms with Gasteiger partial charge in [0.25, 0.3) is 0 Å². The Kier molecular flexibility index (Phi) is 4.46. The minimum atomic E-state index is -0.584. The molecular weight excluding hydrogens is 283 g/mol. The number of carbonyl (C=O) groups is 1. The minimum absolute atomic E-state index is 0.0772. The Hall–Kier alpha value is -1.51. The molecule has 0 radical (unpaired) electrons. The van der Waals surface area contributed by atoms with Gasteiger partial charge < -0.3 is 4.74 Å². The summed E-state index contributed by atoms with van der Waals surface area (Å²) in [5.74, 6) is 0.442. The van der Waals surface area contributed by atoms with E-state index in [1.54, 1.807) is 37.3 Å². The Morgan fingerprint density at radius 2 is 1.74 bits per heavy atom. The average molecular weight is 295 g/mol. The number of ketones is 1. The molecule has 98 valence electrons. The van der Waals surface area contributed by atoms with Crippen LogP contribution in [0.1, 0.15) is 17.3 Å². The van der Waals surface area contributed by atoms with Gasteiger partial charge in [0.2, 0.25) is 5.78 Å². The number of halogens is 2. The molecule has 2 aromatic rings. The summed E-state index contributed by atoms with van der Waals surface area (Å²) in [7, 11) is 0. The molecule has 0 fully saturated rings. The highest BCUT2D eigenvalue weighted by molar-refractivity contribution is 6.42. The van der Waals surface area contributed by atoms with Crippen molar-refractivity contribution in [3.63, 3.8) is 0 Å². The third kappa shape index (κ3) is 3.49. The molecule has 0 bridgehead atoms. The maximum absolute atomic E-state index is 12.1. The third-order valence-electron chi connectivity index (χ3n) is 2.63. The van der Waals surface area contributed by atoms with Gasteiger partial charge >= 0.3 is 0 Å². The highest BCUT2D eigenvalue weighted by Gasteiger charge is 2.16. The Morgan fingerprint density at radius 1 is 1.05 bits per heavy atom. The first kappa shape index (κ1) is 13.9. The number of hydrogen-bond acceptors (Lipinski definition) is 2. The van der Waals surface area contributed by atoms with Crippen LogP contribution in [-0.4, -0.2) is 11.9 Å². The second-order valence-electron chi connectivity index (χ2n) is 4.07. The molecule has 0 aliphatic carbocycles. The van der Waals surface area contributed by atoms with Crippen LogP contribution in [0.3, 0.4) is 0 Å². The average Bonchev–Trinajstić information content (AvgIpc) is 2.43. The number of rotatable bonds is 4. The van der Waals surface area contributed by atoms with Gasteiger partial charge in [-0.3, -0.25) is 4.79 Å². The molecule has 0 unspecified atom stereocenters. The number of Topliss-reactive ketones (excluding diaryl/α,β-unsaturated/α-hetero) is 1. The molecule has 2 aromatic carbocycles.